The minimum atomic E-state index is -0.696. The van der Waals surface area contributed by atoms with Gasteiger partial charge in [-0.15, -0.1) is 0 Å². The van der Waals surface area contributed by atoms with Gasteiger partial charge in [-0.1, -0.05) is 6.42 Å². The number of aliphatic hydroxyl groups is 1. The number of rotatable bonds is 6. The molecule has 1 saturated carbocycles. The summed E-state index contributed by atoms with van der Waals surface area (Å²) >= 11 is 0. The number of amides is 1. The molecule has 1 aromatic carbocycles. The zero-order chi connectivity index (χ0) is 15.9. The molecule has 1 fully saturated rings. The number of aliphatic hydroxyl groups excluding tert-OH is 1. The molecule has 4 N–H and O–H groups in total. The van der Waals surface area contributed by atoms with Gasteiger partial charge in [0.1, 0.15) is 17.9 Å². The fraction of sp³-hybridized carbons (Fsp3) is 0.562. The Morgan fingerprint density at radius 2 is 2.05 bits per heavy atom. The predicted molar refractivity (Wildman–Crippen MR) is 83.8 cm³/mol. The monoisotopic (exact) mass is 308 g/mol. The Bertz CT molecular complexity index is 478. The normalized spacial score (nSPS) is 22.9. The highest BCUT2D eigenvalue weighted by Gasteiger charge is 2.24. The molecule has 6 nitrogen and oxygen atoms in total. The van der Waals surface area contributed by atoms with Crippen LogP contribution in [0.2, 0.25) is 0 Å². The summed E-state index contributed by atoms with van der Waals surface area (Å²) in [6, 6.07) is 6.36. The molecule has 0 aromatic heterocycles. The van der Waals surface area contributed by atoms with E-state index in [1.54, 1.807) is 24.3 Å². The van der Waals surface area contributed by atoms with Crippen LogP contribution in [0.1, 0.15) is 25.7 Å². The summed E-state index contributed by atoms with van der Waals surface area (Å²) in [5, 5.41) is 12.6. The van der Waals surface area contributed by atoms with Gasteiger partial charge in [0.15, 0.2) is 0 Å². The van der Waals surface area contributed by atoms with E-state index in [9.17, 15) is 9.90 Å². The zero-order valence-corrected chi connectivity index (χ0v) is 12.8. The maximum Gasteiger partial charge on any atom is 0.243 e. The average Bonchev–Trinajstić information content (AvgIpc) is 2.51. The van der Waals surface area contributed by atoms with E-state index in [1.807, 2.05) is 0 Å². The van der Waals surface area contributed by atoms with Crippen LogP contribution < -0.4 is 15.8 Å². The van der Waals surface area contributed by atoms with Crippen LogP contribution in [0.5, 0.6) is 5.75 Å². The van der Waals surface area contributed by atoms with Crippen LogP contribution in [0.4, 0.5) is 5.69 Å². The number of hydrogen-bond donors (Lipinski definition) is 3. The van der Waals surface area contributed by atoms with Gasteiger partial charge >= 0.3 is 0 Å². The quantitative estimate of drug-likeness (QED) is 0.736. The number of benzene rings is 1. The number of hydrogen-bond acceptors (Lipinski definition) is 5. The molecule has 0 aliphatic heterocycles. The minimum absolute atomic E-state index is 0.149. The number of methoxy groups -OCH3 is 1. The van der Waals surface area contributed by atoms with Gasteiger partial charge in [-0.25, -0.2) is 0 Å². The Balaban J connectivity index is 1.88. The number of carbonyl (C=O) groups is 1. The van der Waals surface area contributed by atoms with Crippen molar-refractivity contribution in [2.75, 3.05) is 19.0 Å². The first kappa shape index (κ1) is 16.7. The van der Waals surface area contributed by atoms with Gasteiger partial charge in [0.05, 0.1) is 12.7 Å². The van der Waals surface area contributed by atoms with Crippen LogP contribution >= 0.6 is 0 Å². The third-order valence-corrected chi connectivity index (χ3v) is 3.76. The van der Waals surface area contributed by atoms with Crippen molar-refractivity contribution in [1.29, 1.82) is 0 Å². The van der Waals surface area contributed by atoms with Gasteiger partial charge in [-0.3, -0.25) is 4.79 Å². The Labute approximate surface area is 130 Å². The van der Waals surface area contributed by atoms with Crippen molar-refractivity contribution in [3.8, 4) is 5.75 Å². The molecule has 22 heavy (non-hydrogen) atoms. The van der Waals surface area contributed by atoms with Crippen molar-refractivity contribution in [2.45, 2.75) is 43.9 Å². The summed E-state index contributed by atoms with van der Waals surface area (Å²) in [5.41, 5.74) is 6.30. The minimum Gasteiger partial charge on any atom is -0.488 e. The third-order valence-electron chi connectivity index (χ3n) is 3.76. The van der Waals surface area contributed by atoms with Crippen molar-refractivity contribution >= 4 is 11.6 Å². The van der Waals surface area contributed by atoms with Gasteiger partial charge < -0.3 is 25.6 Å². The number of ether oxygens (including phenoxy) is 2. The van der Waals surface area contributed by atoms with E-state index in [0.717, 1.165) is 25.7 Å². The molecule has 2 rings (SSSR count). The van der Waals surface area contributed by atoms with Gasteiger partial charge in [0.25, 0.3) is 0 Å². The average molecular weight is 308 g/mol. The van der Waals surface area contributed by atoms with Crippen molar-refractivity contribution in [1.82, 2.24) is 0 Å². The van der Waals surface area contributed by atoms with E-state index in [4.69, 9.17) is 15.2 Å². The highest BCUT2D eigenvalue weighted by atomic mass is 16.5. The van der Waals surface area contributed by atoms with Gasteiger partial charge in [0.2, 0.25) is 5.91 Å². The Hall–Kier alpha value is -1.63. The lowest BCUT2D eigenvalue weighted by Crippen LogP contribution is -2.39. The number of anilines is 1. The van der Waals surface area contributed by atoms with E-state index in [0.29, 0.717) is 11.4 Å². The second-order valence-corrected chi connectivity index (χ2v) is 5.58. The maximum absolute atomic E-state index is 11.8. The predicted octanol–water partition coefficient (Wildman–Crippen LogP) is 1.28. The lowest BCUT2D eigenvalue weighted by atomic mass is 9.95. The number of nitrogens with two attached hydrogens (primary N) is 1. The summed E-state index contributed by atoms with van der Waals surface area (Å²) in [7, 11) is 1.50. The second kappa shape index (κ2) is 8.12. The topological polar surface area (TPSA) is 93.8 Å². The lowest BCUT2D eigenvalue weighted by Gasteiger charge is -2.28. The molecule has 0 radical (unpaired) electrons. The van der Waals surface area contributed by atoms with Crippen LogP contribution in [0.25, 0.3) is 0 Å². The molecule has 3 unspecified atom stereocenters. The van der Waals surface area contributed by atoms with Crippen molar-refractivity contribution in [2.24, 2.45) is 5.73 Å². The first-order valence-corrected chi connectivity index (χ1v) is 7.60. The van der Waals surface area contributed by atoms with E-state index in [1.165, 1.54) is 7.11 Å². The smallest absolute Gasteiger partial charge is 0.243 e. The highest BCUT2D eigenvalue weighted by molar-refractivity contribution is 5.94. The molecule has 3 atom stereocenters. The Kier molecular flexibility index (Phi) is 6.18. The molecular weight excluding hydrogens is 284 g/mol. The SMILES string of the molecule is COCC(N)C(=O)Nc1ccc(OC2CCCCC2O)cc1. The fourth-order valence-electron chi connectivity index (χ4n) is 2.50. The molecule has 6 heteroatoms. The molecule has 1 aromatic rings. The molecule has 0 heterocycles. The van der Waals surface area contributed by atoms with Crippen LogP contribution in [0.3, 0.4) is 0 Å². The summed E-state index contributed by atoms with van der Waals surface area (Å²) in [6.07, 6.45) is 3.23. The van der Waals surface area contributed by atoms with Crippen LogP contribution in [-0.4, -0.2) is 43.0 Å². The Morgan fingerprint density at radius 3 is 2.68 bits per heavy atom. The van der Waals surface area contributed by atoms with E-state index >= 15 is 0 Å². The molecule has 1 aliphatic carbocycles. The van der Waals surface area contributed by atoms with E-state index in [-0.39, 0.29) is 18.6 Å². The highest BCUT2D eigenvalue weighted by Crippen LogP contribution is 2.24. The fourth-order valence-corrected chi connectivity index (χ4v) is 2.50. The standard InChI is InChI=1S/C16H24N2O4/c1-21-10-13(17)16(20)18-11-6-8-12(9-7-11)22-15-5-3-2-4-14(15)19/h6-9,13-15,19H,2-5,10,17H2,1H3,(H,18,20). The Morgan fingerprint density at radius 1 is 1.36 bits per heavy atom. The first-order chi connectivity index (χ1) is 10.6. The molecule has 0 bridgehead atoms. The lowest BCUT2D eigenvalue weighted by molar-refractivity contribution is -0.118. The third kappa shape index (κ3) is 4.69. The second-order valence-electron chi connectivity index (χ2n) is 5.58. The molecule has 1 amide bonds. The summed E-state index contributed by atoms with van der Waals surface area (Å²) in [5.74, 6) is 0.392. The first-order valence-electron chi connectivity index (χ1n) is 7.60. The van der Waals surface area contributed by atoms with Gasteiger partial charge in [0, 0.05) is 12.8 Å². The largest absolute Gasteiger partial charge is 0.488 e. The van der Waals surface area contributed by atoms with Crippen molar-refractivity contribution in [3.05, 3.63) is 24.3 Å². The number of carbonyl (C=O) groups excluding carboxylic acids is 1. The molecule has 122 valence electrons. The van der Waals surface area contributed by atoms with Crippen molar-refractivity contribution in [3.63, 3.8) is 0 Å². The zero-order valence-electron chi connectivity index (χ0n) is 12.8. The summed E-state index contributed by atoms with van der Waals surface area (Å²) in [6.45, 7) is 0.173. The molecular formula is C16H24N2O4. The van der Waals surface area contributed by atoms with E-state index < -0.39 is 12.1 Å². The van der Waals surface area contributed by atoms with E-state index in [2.05, 4.69) is 5.32 Å². The van der Waals surface area contributed by atoms with Crippen LogP contribution in [0, 0.1) is 0 Å². The van der Waals surface area contributed by atoms with Crippen LogP contribution in [-0.2, 0) is 9.53 Å². The molecule has 1 aliphatic rings. The van der Waals surface area contributed by atoms with Gasteiger partial charge in [-0.2, -0.15) is 0 Å². The van der Waals surface area contributed by atoms with Crippen LogP contribution in [0.15, 0.2) is 24.3 Å². The van der Waals surface area contributed by atoms with Gasteiger partial charge in [-0.05, 0) is 43.5 Å². The molecule has 0 saturated heterocycles. The maximum atomic E-state index is 11.8. The van der Waals surface area contributed by atoms with Crippen molar-refractivity contribution < 1.29 is 19.4 Å². The summed E-state index contributed by atoms with van der Waals surface area (Å²) < 4.78 is 10.7. The molecule has 0 spiro atoms. The summed E-state index contributed by atoms with van der Waals surface area (Å²) in [4.78, 5) is 11.8. The number of nitrogens with one attached hydrogen (secondary N) is 1.